The van der Waals surface area contributed by atoms with Gasteiger partial charge in [0.1, 0.15) is 11.5 Å². The second-order valence-corrected chi connectivity index (χ2v) is 7.14. The summed E-state index contributed by atoms with van der Waals surface area (Å²) in [7, 11) is 3.12. The van der Waals surface area contributed by atoms with Crippen molar-refractivity contribution in [2.45, 2.75) is 19.4 Å². The third-order valence-corrected chi connectivity index (χ3v) is 5.16. The topological polar surface area (TPSA) is 93.9 Å². The van der Waals surface area contributed by atoms with Gasteiger partial charge in [0.25, 0.3) is 5.91 Å². The van der Waals surface area contributed by atoms with E-state index in [4.69, 9.17) is 14.0 Å². The summed E-state index contributed by atoms with van der Waals surface area (Å²) in [6.07, 6.45) is 1.44. The van der Waals surface area contributed by atoms with E-state index < -0.39 is 0 Å². The van der Waals surface area contributed by atoms with Gasteiger partial charge in [0.15, 0.2) is 11.5 Å². The first-order chi connectivity index (χ1) is 15.1. The Balaban J connectivity index is 1.45. The van der Waals surface area contributed by atoms with Crippen molar-refractivity contribution in [2.75, 3.05) is 25.7 Å². The highest BCUT2D eigenvalue weighted by Gasteiger charge is 2.22. The van der Waals surface area contributed by atoms with E-state index in [0.717, 1.165) is 24.2 Å². The lowest BCUT2D eigenvalue weighted by Gasteiger charge is -2.16. The van der Waals surface area contributed by atoms with Crippen molar-refractivity contribution in [1.29, 1.82) is 0 Å². The summed E-state index contributed by atoms with van der Waals surface area (Å²) in [5.74, 6) is 1.38. The highest BCUT2D eigenvalue weighted by Crippen LogP contribution is 2.33. The molecule has 1 N–H and O–H groups in total. The van der Waals surface area contributed by atoms with E-state index in [0.29, 0.717) is 35.8 Å². The van der Waals surface area contributed by atoms with Gasteiger partial charge in [-0.25, -0.2) is 0 Å². The number of rotatable bonds is 7. The van der Waals surface area contributed by atoms with E-state index in [-0.39, 0.29) is 17.5 Å². The van der Waals surface area contributed by atoms with Crippen molar-refractivity contribution in [3.05, 3.63) is 59.8 Å². The molecule has 2 amide bonds. The molecule has 2 aromatic carbocycles. The lowest BCUT2D eigenvalue weighted by atomic mass is 10.1. The smallest absolute Gasteiger partial charge is 0.273 e. The van der Waals surface area contributed by atoms with Gasteiger partial charge in [-0.3, -0.25) is 9.59 Å². The lowest BCUT2D eigenvalue weighted by Crippen LogP contribution is -2.25. The molecule has 31 heavy (non-hydrogen) atoms. The number of amides is 2. The van der Waals surface area contributed by atoms with Crippen molar-refractivity contribution in [1.82, 2.24) is 10.5 Å². The molecule has 0 spiro atoms. The van der Waals surface area contributed by atoms with Crippen LogP contribution < -0.4 is 19.7 Å². The number of benzene rings is 2. The van der Waals surface area contributed by atoms with Crippen LogP contribution in [-0.2, 0) is 11.3 Å². The number of nitrogens with one attached hydrogen (secondary N) is 1. The van der Waals surface area contributed by atoms with Crippen molar-refractivity contribution >= 4 is 17.5 Å². The first-order valence-corrected chi connectivity index (χ1v) is 9.95. The van der Waals surface area contributed by atoms with Gasteiger partial charge < -0.3 is 24.2 Å². The third kappa shape index (κ3) is 4.37. The number of methoxy groups -OCH3 is 2. The molecular formula is C23H23N3O5. The molecule has 2 heterocycles. The minimum Gasteiger partial charge on any atom is -0.497 e. The molecule has 160 valence electrons. The van der Waals surface area contributed by atoms with E-state index in [1.807, 2.05) is 24.3 Å². The largest absolute Gasteiger partial charge is 0.497 e. The summed E-state index contributed by atoms with van der Waals surface area (Å²) >= 11 is 0. The van der Waals surface area contributed by atoms with Crippen molar-refractivity contribution in [3.63, 3.8) is 0 Å². The molecule has 0 atom stereocenters. The molecule has 0 saturated carbocycles. The zero-order valence-corrected chi connectivity index (χ0v) is 17.4. The number of anilines is 1. The van der Waals surface area contributed by atoms with E-state index in [9.17, 15) is 9.59 Å². The van der Waals surface area contributed by atoms with Crippen LogP contribution in [0.5, 0.6) is 11.5 Å². The Morgan fingerprint density at radius 2 is 2.03 bits per heavy atom. The summed E-state index contributed by atoms with van der Waals surface area (Å²) in [5.41, 5.74) is 2.54. The predicted molar refractivity (Wildman–Crippen MR) is 114 cm³/mol. The summed E-state index contributed by atoms with van der Waals surface area (Å²) in [4.78, 5) is 26.3. The molecule has 0 aliphatic carbocycles. The summed E-state index contributed by atoms with van der Waals surface area (Å²) in [6.45, 7) is 1.03. The molecule has 8 nitrogen and oxygen atoms in total. The Kier molecular flexibility index (Phi) is 5.88. The van der Waals surface area contributed by atoms with E-state index in [1.54, 1.807) is 43.4 Å². The van der Waals surface area contributed by atoms with Crippen LogP contribution in [0.4, 0.5) is 5.69 Å². The zero-order valence-electron chi connectivity index (χ0n) is 17.4. The number of hydrogen-bond donors (Lipinski definition) is 1. The van der Waals surface area contributed by atoms with Gasteiger partial charge in [-0.15, -0.1) is 0 Å². The maximum Gasteiger partial charge on any atom is 0.273 e. The number of nitrogens with zero attached hydrogens (tertiary/aromatic N) is 2. The molecule has 0 unspecified atom stereocenters. The highest BCUT2D eigenvalue weighted by atomic mass is 16.5. The molecule has 0 bridgehead atoms. The van der Waals surface area contributed by atoms with Crippen LogP contribution in [0.3, 0.4) is 0 Å². The van der Waals surface area contributed by atoms with Gasteiger partial charge in [0.05, 0.1) is 19.8 Å². The van der Waals surface area contributed by atoms with E-state index in [2.05, 4.69) is 10.5 Å². The minimum atomic E-state index is -0.362. The monoisotopic (exact) mass is 421 g/mol. The molecular weight excluding hydrogens is 398 g/mol. The van der Waals surface area contributed by atoms with Crippen molar-refractivity contribution < 1.29 is 23.6 Å². The fraction of sp³-hybridized carbons (Fsp3) is 0.261. The summed E-state index contributed by atoms with van der Waals surface area (Å²) in [5, 5.41) is 6.73. The average molecular weight is 421 g/mol. The van der Waals surface area contributed by atoms with Gasteiger partial charge >= 0.3 is 0 Å². The fourth-order valence-electron chi connectivity index (χ4n) is 3.54. The van der Waals surface area contributed by atoms with Crippen molar-refractivity contribution in [2.24, 2.45) is 0 Å². The summed E-state index contributed by atoms with van der Waals surface area (Å²) in [6, 6.07) is 14.5. The molecule has 0 radical (unpaired) electrons. The Bertz CT molecular complexity index is 1110. The first-order valence-electron chi connectivity index (χ1n) is 9.95. The molecule has 1 saturated heterocycles. The SMILES string of the molecule is COc1ccc(OC)c(-c2cc(C(=O)NCc3cccc(N4CCCC4=O)c3)no2)c1. The number of aromatic nitrogens is 1. The maximum atomic E-state index is 12.6. The quantitative estimate of drug-likeness (QED) is 0.628. The zero-order chi connectivity index (χ0) is 21.8. The van der Waals surface area contributed by atoms with Gasteiger partial charge in [-0.1, -0.05) is 17.3 Å². The molecule has 1 aliphatic heterocycles. The Morgan fingerprint density at radius 1 is 1.16 bits per heavy atom. The molecule has 8 heteroatoms. The third-order valence-electron chi connectivity index (χ3n) is 5.16. The number of hydrogen-bond acceptors (Lipinski definition) is 6. The predicted octanol–water partition coefficient (Wildman–Crippen LogP) is 3.42. The maximum absolute atomic E-state index is 12.6. The standard InChI is InChI=1S/C23H23N3O5/c1-29-17-8-9-20(30-2)18(12-17)21-13-19(25-31-21)23(28)24-14-15-5-3-6-16(11-15)26-10-4-7-22(26)27/h3,5-6,8-9,11-13H,4,7,10,14H2,1-2H3,(H,24,28). The van der Waals surface area contributed by atoms with Crippen LogP contribution in [0.15, 0.2) is 53.1 Å². The van der Waals surface area contributed by atoms with E-state index >= 15 is 0 Å². The van der Waals surface area contributed by atoms with Gasteiger partial charge in [0, 0.05) is 31.3 Å². The van der Waals surface area contributed by atoms with Crippen LogP contribution in [0.25, 0.3) is 11.3 Å². The minimum absolute atomic E-state index is 0.129. The van der Waals surface area contributed by atoms with Crippen LogP contribution in [0, 0.1) is 0 Å². The first kappa shape index (κ1) is 20.5. The normalized spacial score (nSPS) is 13.4. The van der Waals surface area contributed by atoms with E-state index in [1.165, 1.54) is 0 Å². The molecule has 1 aromatic heterocycles. The van der Waals surface area contributed by atoms with Crippen LogP contribution in [0.2, 0.25) is 0 Å². The number of carbonyl (C=O) groups excluding carboxylic acids is 2. The fourth-order valence-corrected chi connectivity index (χ4v) is 3.54. The highest BCUT2D eigenvalue weighted by molar-refractivity contribution is 5.95. The average Bonchev–Trinajstić information content (AvgIpc) is 3.46. The molecule has 4 rings (SSSR count). The van der Waals surface area contributed by atoms with Gasteiger partial charge in [-0.2, -0.15) is 0 Å². The van der Waals surface area contributed by atoms with Crippen LogP contribution >= 0.6 is 0 Å². The number of ether oxygens (including phenoxy) is 2. The lowest BCUT2D eigenvalue weighted by molar-refractivity contribution is -0.117. The van der Waals surface area contributed by atoms with Gasteiger partial charge in [0.2, 0.25) is 5.91 Å². The second kappa shape index (κ2) is 8.91. The van der Waals surface area contributed by atoms with Crippen molar-refractivity contribution in [3.8, 4) is 22.8 Å². The summed E-state index contributed by atoms with van der Waals surface area (Å²) < 4.78 is 16.0. The van der Waals surface area contributed by atoms with Gasteiger partial charge in [-0.05, 0) is 42.3 Å². The number of carbonyl (C=O) groups is 2. The second-order valence-electron chi connectivity index (χ2n) is 7.14. The van der Waals surface area contributed by atoms with Crippen LogP contribution in [0.1, 0.15) is 28.9 Å². The molecule has 1 aliphatic rings. The Morgan fingerprint density at radius 3 is 2.77 bits per heavy atom. The Hall–Kier alpha value is -3.81. The molecule has 1 fully saturated rings. The van der Waals surface area contributed by atoms with Crippen LogP contribution in [-0.4, -0.2) is 37.7 Å². The molecule has 3 aromatic rings. The Labute approximate surface area is 179 Å².